The Balaban J connectivity index is 1.66. The summed E-state index contributed by atoms with van der Waals surface area (Å²) in [6, 6.07) is 20.8. The topological polar surface area (TPSA) is 79.5 Å². The van der Waals surface area contributed by atoms with Gasteiger partial charge in [-0.25, -0.2) is 9.50 Å². The lowest BCUT2D eigenvalue weighted by molar-refractivity contribution is 0.102. The third-order valence-corrected chi connectivity index (χ3v) is 4.88. The Hall–Kier alpha value is -3.51. The van der Waals surface area contributed by atoms with Gasteiger partial charge in [0.1, 0.15) is 5.82 Å². The third kappa shape index (κ3) is 3.88. The number of nitrogens with zero attached hydrogens (tertiary/aromatic N) is 3. The average molecular weight is 386 g/mol. The highest BCUT2D eigenvalue weighted by atomic mass is 16.3. The summed E-state index contributed by atoms with van der Waals surface area (Å²) in [5, 5.41) is 16.7. The second-order valence-electron chi connectivity index (χ2n) is 7.11. The minimum absolute atomic E-state index is 0.0368. The third-order valence-electron chi connectivity index (χ3n) is 4.88. The zero-order chi connectivity index (χ0) is 20.4. The molecule has 2 N–H and O–H groups in total. The molecule has 0 aliphatic rings. The van der Waals surface area contributed by atoms with E-state index in [9.17, 15) is 9.90 Å². The number of benzene rings is 2. The number of amides is 1. The number of aliphatic hydroxyl groups is 1. The molecular formula is C23H22N4O2. The fourth-order valence-corrected chi connectivity index (χ4v) is 3.22. The van der Waals surface area contributed by atoms with E-state index in [-0.39, 0.29) is 18.4 Å². The smallest absolute Gasteiger partial charge is 0.256 e. The molecule has 0 aliphatic carbocycles. The van der Waals surface area contributed by atoms with Crippen LogP contribution >= 0.6 is 0 Å². The van der Waals surface area contributed by atoms with Crippen LogP contribution in [0.4, 0.5) is 5.82 Å². The summed E-state index contributed by atoms with van der Waals surface area (Å²) in [6.45, 7) is 3.92. The molecule has 2 aromatic heterocycles. The lowest BCUT2D eigenvalue weighted by atomic mass is 10.0. The first-order valence-corrected chi connectivity index (χ1v) is 9.50. The Kier molecular flexibility index (Phi) is 5.10. The molecule has 0 aliphatic heterocycles. The van der Waals surface area contributed by atoms with Gasteiger partial charge >= 0.3 is 0 Å². The van der Waals surface area contributed by atoms with Crippen molar-refractivity contribution in [2.75, 3.05) is 11.9 Å². The largest absolute Gasteiger partial charge is 0.396 e. The van der Waals surface area contributed by atoms with Crippen LogP contribution in [0.25, 0.3) is 16.9 Å². The van der Waals surface area contributed by atoms with Gasteiger partial charge < -0.3 is 10.4 Å². The van der Waals surface area contributed by atoms with Crippen molar-refractivity contribution in [3.63, 3.8) is 0 Å². The Labute approximate surface area is 168 Å². The van der Waals surface area contributed by atoms with Gasteiger partial charge in [-0.1, -0.05) is 49.4 Å². The van der Waals surface area contributed by atoms with E-state index in [1.165, 1.54) is 0 Å². The molecule has 4 aromatic rings. The highest BCUT2D eigenvalue weighted by molar-refractivity contribution is 6.04. The number of carbonyl (C=O) groups is 1. The van der Waals surface area contributed by atoms with Gasteiger partial charge in [-0.2, -0.15) is 5.10 Å². The standard InChI is InChI=1S/C23H22N4O2/c1-15(14-28)17-8-10-19(11-9-17)23(29)25-21-13-20(18-6-4-3-5-7-18)27-22(24-21)12-16(2)26-27/h3-13,15,28H,14H2,1-2H3,(H,24,25,29). The minimum atomic E-state index is -0.236. The van der Waals surface area contributed by atoms with Crippen molar-refractivity contribution >= 4 is 17.4 Å². The summed E-state index contributed by atoms with van der Waals surface area (Å²) in [7, 11) is 0. The maximum atomic E-state index is 12.7. The highest BCUT2D eigenvalue weighted by Gasteiger charge is 2.13. The van der Waals surface area contributed by atoms with Crippen LogP contribution in [0.2, 0.25) is 0 Å². The Morgan fingerprint density at radius 3 is 2.52 bits per heavy atom. The molecule has 6 heteroatoms. The van der Waals surface area contributed by atoms with Crippen LogP contribution in [0, 0.1) is 6.92 Å². The number of carbonyl (C=O) groups excluding carboxylic acids is 1. The van der Waals surface area contributed by atoms with Crippen LogP contribution < -0.4 is 5.32 Å². The van der Waals surface area contributed by atoms with Crippen molar-refractivity contribution < 1.29 is 9.90 Å². The maximum absolute atomic E-state index is 12.7. The van der Waals surface area contributed by atoms with Crippen LogP contribution in [0.3, 0.4) is 0 Å². The Bertz CT molecular complexity index is 1150. The van der Waals surface area contributed by atoms with E-state index in [0.717, 1.165) is 22.5 Å². The lowest BCUT2D eigenvalue weighted by Gasteiger charge is -2.11. The molecule has 1 atom stereocenters. The van der Waals surface area contributed by atoms with E-state index in [1.807, 2.05) is 68.4 Å². The van der Waals surface area contributed by atoms with Crippen LogP contribution in [0.15, 0.2) is 66.7 Å². The van der Waals surface area contributed by atoms with Crippen molar-refractivity contribution in [1.29, 1.82) is 0 Å². The molecule has 0 saturated carbocycles. The average Bonchev–Trinajstić information content (AvgIpc) is 3.13. The summed E-state index contributed by atoms with van der Waals surface area (Å²) in [6.07, 6.45) is 0. The van der Waals surface area contributed by atoms with Crippen molar-refractivity contribution in [2.24, 2.45) is 0 Å². The van der Waals surface area contributed by atoms with Gasteiger partial charge in [0.25, 0.3) is 5.91 Å². The normalized spacial score (nSPS) is 12.1. The molecule has 0 spiro atoms. The minimum Gasteiger partial charge on any atom is -0.396 e. The van der Waals surface area contributed by atoms with Gasteiger partial charge in [-0.15, -0.1) is 0 Å². The van der Waals surface area contributed by atoms with Crippen molar-refractivity contribution in [1.82, 2.24) is 14.6 Å². The number of rotatable bonds is 5. The van der Waals surface area contributed by atoms with Crippen LogP contribution in [0.1, 0.15) is 34.5 Å². The predicted molar refractivity (Wildman–Crippen MR) is 113 cm³/mol. The number of anilines is 1. The number of fused-ring (bicyclic) bond motifs is 1. The number of aromatic nitrogens is 3. The highest BCUT2D eigenvalue weighted by Crippen LogP contribution is 2.24. The molecule has 1 amide bonds. The van der Waals surface area contributed by atoms with Crippen molar-refractivity contribution in [3.8, 4) is 11.3 Å². The molecule has 29 heavy (non-hydrogen) atoms. The second-order valence-corrected chi connectivity index (χ2v) is 7.11. The molecule has 4 rings (SSSR count). The fraction of sp³-hybridized carbons (Fsp3) is 0.174. The van der Waals surface area contributed by atoms with Crippen LogP contribution in [-0.2, 0) is 0 Å². The van der Waals surface area contributed by atoms with Crippen molar-refractivity contribution in [3.05, 3.63) is 83.6 Å². The van der Waals surface area contributed by atoms with Gasteiger partial charge in [0.2, 0.25) is 0 Å². The summed E-state index contributed by atoms with van der Waals surface area (Å²) >= 11 is 0. The number of hydrogen-bond donors (Lipinski definition) is 2. The van der Waals surface area contributed by atoms with Crippen LogP contribution in [0.5, 0.6) is 0 Å². The fourth-order valence-electron chi connectivity index (χ4n) is 3.22. The molecule has 1 unspecified atom stereocenters. The van der Waals surface area contributed by atoms with Gasteiger partial charge in [0.05, 0.1) is 11.4 Å². The second kappa shape index (κ2) is 7.85. The van der Waals surface area contributed by atoms with Gasteiger partial charge in [0.15, 0.2) is 5.65 Å². The Morgan fingerprint density at radius 1 is 1.10 bits per heavy atom. The van der Waals surface area contributed by atoms with Crippen molar-refractivity contribution in [2.45, 2.75) is 19.8 Å². The summed E-state index contributed by atoms with van der Waals surface area (Å²) in [5.41, 5.74) is 4.89. The van der Waals surface area contributed by atoms with Gasteiger partial charge in [0, 0.05) is 35.8 Å². The van der Waals surface area contributed by atoms with Gasteiger partial charge in [-0.3, -0.25) is 4.79 Å². The molecular weight excluding hydrogens is 364 g/mol. The molecule has 146 valence electrons. The molecule has 0 radical (unpaired) electrons. The molecule has 2 heterocycles. The summed E-state index contributed by atoms with van der Waals surface area (Å²) in [4.78, 5) is 17.3. The zero-order valence-electron chi connectivity index (χ0n) is 16.3. The number of hydrogen-bond acceptors (Lipinski definition) is 4. The first-order chi connectivity index (χ1) is 14.0. The number of aryl methyl sites for hydroxylation is 1. The van der Waals surface area contributed by atoms with E-state index in [4.69, 9.17) is 0 Å². The number of nitrogens with one attached hydrogen (secondary N) is 1. The molecule has 6 nitrogen and oxygen atoms in total. The Morgan fingerprint density at radius 2 is 1.83 bits per heavy atom. The molecule has 0 saturated heterocycles. The zero-order valence-corrected chi connectivity index (χ0v) is 16.3. The molecule has 0 fully saturated rings. The van der Waals surface area contributed by atoms with E-state index in [2.05, 4.69) is 15.4 Å². The first kappa shape index (κ1) is 18.8. The van der Waals surface area contributed by atoms with Crippen LogP contribution in [-0.4, -0.2) is 32.2 Å². The SMILES string of the molecule is Cc1cc2nc(NC(=O)c3ccc(C(C)CO)cc3)cc(-c3ccccc3)n2n1. The summed E-state index contributed by atoms with van der Waals surface area (Å²) in [5.74, 6) is 0.268. The summed E-state index contributed by atoms with van der Waals surface area (Å²) < 4.78 is 1.78. The quantitative estimate of drug-likeness (QED) is 0.542. The lowest BCUT2D eigenvalue weighted by Crippen LogP contribution is -2.14. The predicted octanol–water partition coefficient (Wildman–Crippen LogP) is 4.05. The van der Waals surface area contributed by atoms with E-state index in [0.29, 0.717) is 17.0 Å². The molecule has 2 aromatic carbocycles. The monoisotopic (exact) mass is 386 g/mol. The first-order valence-electron chi connectivity index (χ1n) is 9.50. The van der Waals surface area contributed by atoms with E-state index in [1.54, 1.807) is 16.6 Å². The maximum Gasteiger partial charge on any atom is 0.256 e. The van der Waals surface area contributed by atoms with E-state index >= 15 is 0 Å². The van der Waals surface area contributed by atoms with Gasteiger partial charge in [-0.05, 0) is 24.6 Å². The number of aliphatic hydroxyl groups excluding tert-OH is 1. The van der Waals surface area contributed by atoms with E-state index < -0.39 is 0 Å². The molecule has 0 bridgehead atoms.